The summed E-state index contributed by atoms with van der Waals surface area (Å²) in [5, 5.41) is 6.31. The maximum Gasteiger partial charge on any atom is 0.252 e. The van der Waals surface area contributed by atoms with Gasteiger partial charge in [-0.05, 0) is 36.9 Å². The van der Waals surface area contributed by atoms with Crippen LogP contribution >= 0.6 is 12.2 Å². The Labute approximate surface area is 83.3 Å². The van der Waals surface area contributed by atoms with Crippen molar-refractivity contribution in [1.82, 2.24) is 10.6 Å². The lowest BCUT2D eigenvalue weighted by atomic mass is 9.75. The minimum absolute atomic E-state index is 0.0116. The Morgan fingerprint density at radius 2 is 2.08 bits per heavy atom. The molecule has 4 heteroatoms. The van der Waals surface area contributed by atoms with E-state index in [2.05, 4.69) is 24.5 Å². The zero-order valence-electron chi connectivity index (χ0n) is 7.94. The summed E-state index contributed by atoms with van der Waals surface area (Å²) in [4.78, 5) is 11.8. The number of rotatable bonds is 0. The van der Waals surface area contributed by atoms with Crippen molar-refractivity contribution in [1.29, 1.82) is 0 Å². The molecule has 1 saturated heterocycles. The van der Waals surface area contributed by atoms with Gasteiger partial charge in [0.25, 0.3) is 5.91 Å². The van der Waals surface area contributed by atoms with E-state index in [0.29, 0.717) is 5.11 Å². The molecule has 2 N–H and O–H groups in total. The molecule has 72 valence electrons. The van der Waals surface area contributed by atoms with Crippen LogP contribution in [0.5, 0.6) is 0 Å². The van der Waals surface area contributed by atoms with Crippen molar-refractivity contribution in [2.24, 2.45) is 5.41 Å². The van der Waals surface area contributed by atoms with E-state index < -0.39 is 5.54 Å². The quantitative estimate of drug-likeness (QED) is 0.569. The first kappa shape index (κ1) is 8.94. The minimum Gasteiger partial charge on any atom is -0.348 e. The third-order valence-corrected chi connectivity index (χ3v) is 3.65. The summed E-state index contributed by atoms with van der Waals surface area (Å²) in [7, 11) is 0. The van der Waals surface area contributed by atoms with Gasteiger partial charge in [0.2, 0.25) is 0 Å². The molecule has 1 spiro atoms. The van der Waals surface area contributed by atoms with Crippen molar-refractivity contribution in [3.8, 4) is 0 Å². The second-order valence-electron chi connectivity index (χ2n) is 4.55. The van der Waals surface area contributed by atoms with Gasteiger partial charge >= 0.3 is 0 Å². The average molecular weight is 198 g/mol. The van der Waals surface area contributed by atoms with Crippen molar-refractivity contribution < 1.29 is 4.79 Å². The van der Waals surface area contributed by atoms with Gasteiger partial charge in [-0.3, -0.25) is 4.79 Å². The first-order chi connectivity index (χ1) is 5.98. The monoisotopic (exact) mass is 198 g/mol. The van der Waals surface area contributed by atoms with Crippen LogP contribution < -0.4 is 10.6 Å². The molecule has 2 fully saturated rings. The Bertz CT molecular complexity index is 287. The lowest BCUT2D eigenvalue weighted by Gasteiger charge is -2.35. The molecule has 1 aliphatic heterocycles. The molecule has 1 aliphatic carbocycles. The van der Waals surface area contributed by atoms with Crippen molar-refractivity contribution in [2.45, 2.75) is 38.6 Å². The van der Waals surface area contributed by atoms with Gasteiger partial charge in [-0.1, -0.05) is 13.8 Å². The number of hydrogen-bond acceptors (Lipinski definition) is 2. The van der Waals surface area contributed by atoms with Crippen molar-refractivity contribution >= 4 is 23.2 Å². The van der Waals surface area contributed by atoms with Crippen LogP contribution in [0.3, 0.4) is 0 Å². The molecule has 1 amide bonds. The van der Waals surface area contributed by atoms with E-state index in [9.17, 15) is 4.79 Å². The fourth-order valence-electron chi connectivity index (χ4n) is 2.49. The maximum atomic E-state index is 11.8. The maximum absolute atomic E-state index is 11.8. The lowest BCUT2D eigenvalue weighted by molar-refractivity contribution is -0.126. The number of thiocarbonyl (C=S) groups is 1. The molecular weight excluding hydrogens is 184 g/mol. The second-order valence-corrected chi connectivity index (χ2v) is 4.96. The van der Waals surface area contributed by atoms with E-state index in [-0.39, 0.29) is 11.3 Å². The Morgan fingerprint density at radius 1 is 1.38 bits per heavy atom. The highest BCUT2D eigenvalue weighted by molar-refractivity contribution is 7.80. The Morgan fingerprint density at radius 3 is 2.46 bits per heavy atom. The predicted octanol–water partition coefficient (Wildman–Crippen LogP) is 0.940. The van der Waals surface area contributed by atoms with Gasteiger partial charge in [-0.25, -0.2) is 0 Å². The zero-order valence-corrected chi connectivity index (χ0v) is 8.75. The topological polar surface area (TPSA) is 41.1 Å². The standard InChI is InChI=1S/C9H14N2OS/c1-8(2)4-3-5-9(8)6(12)10-7(13)11-9/h3-5H2,1-2H3,(H2,10,11,12,13). The molecule has 1 unspecified atom stereocenters. The molecule has 1 atom stereocenters. The summed E-state index contributed by atoms with van der Waals surface area (Å²) in [5.74, 6) is 0.0556. The van der Waals surface area contributed by atoms with Crippen LogP contribution in [0.4, 0.5) is 0 Å². The molecule has 1 heterocycles. The summed E-state index contributed by atoms with van der Waals surface area (Å²) in [6.07, 6.45) is 3.07. The van der Waals surface area contributed by atoms with Crippen LogP contribution in [-0.4, -0.2) is 16.6 Å². The average Bonchev–Trinajstić information content (AvgIpc) is 2.40. The van der Waals surface area contributed by atoms with Gasteiger partial charge in [-0.15, -0.1) is 0 Å². The van der Waals surface area contributed by atoms with E-state index in [1.54, 1.807) is 0 Å². The van der Waals surface area contributed by atoms with E-state index in [1.165, 1.54) is 0 Å². The SMILES string of the molecule is CC1(C)CCCC12NC(=S)NC2=O. The summed E-state index contributed by atoms with van der Waals surface area (Å²) >= 11 is 4.96. The fraction of sp³-hybridized carbons (Fsp3) is 0.778. The molecule has 1 saturated carbocycles. The molecule has 3 nitrogen and oxygen atoms in total. The number of hydrogen-bond donors (Lipinski definition) is 2. The highest BCUT2D eigenvalue weighted by Crippen LogP contribution is 2.47. The van der Waals surface area contributed by atoms with Crippen molar-refractivity contribution in [3.05, 3.63) is 0 Å². The van der Waals surface area contributed by atoms with E-state index in [0.717, 1.165) is 19.3 Å². The second kappa shape index (κ2) is 2.44. The number of carbonyl (C=O) groups excluding carboxylic acids is 1. The first-order valence-corrected chi connectivity index (χ1v) is 5.02. The third kappa shape index (κ3) is 1.01. The molecule has 13 heavy (non-hydrogen) atoms. The number of amides is 1. The van der Waals surface area contributed by atoms with Crippen LogP contribution in [0.1, 0.15) is 33.1 Å². The smallest absolute Gasteiger partial charge is 0.252 e. The van der Waals surface area contributed by atoms with Crippen LogP contribution in [-0.2, 0) is 4.79 Å². The molecule has 2 rings (SSSR count). The molecular formula is C9H14N2OS. The summed E-state index contributed by atoms with van der Waals surface area (Å²) in [6, 6.07) is 0. The molecule has 0 aromatic heterocycles. The van der Waals surface area contributed by atoms with Crippen LogP contribution in [0.25, 0.3) is 0 Å². The molecule has 0 aromatic rings. The zero-order chi connectivity index (χ0) is 9.69. The van der Waals surface area contributed by atoms with Gasteiger partial charge in [0.1, 0.15) is 5.54 Å². The highest BCUT2D eigenvalue weighted by Gasteiger charge is 2.57. The predicted molar refractivity (Wildman–Crippen MR) is 54.2 cm³/mol. The molecule has 2 aliphatic rings. The summed E-state index contributed by atoms with van der Waals surface area (Å²) in [5.41, 5.74) is -0.415. The van der Waals surface area contributed by atoms with Crippen LogP contribution in [0.2, 0.25) is 0 Å². The van der Waals surface area contributed by atoms with Crippen molar-refractivity contribution in [3.63, 3.8) is 0 Å². The first-order valence-electron chi connectivity index (χ1n) is 4.62. The molecule has 0 bridgehead atoms. The fourth-order valence-corrected chi connectivity index (χ4v) is 2.76. The normalized spacial score (nSPS) is 36.5. The van der Waals surface area contributed by atoms with Gasteiger partial charge < -0.3 is 10.6 Å². The Kier molecular flexibility index (Phi) is 1.68. The minimum atomic E-state index is -0.427. The van der Waals surface area contributed by atoms with Gasteiger partial charge in [0.15, 0.2) is 5.11 Å². The summed E-state index contributed by atoms with van der Waals surface area (Å²) in [6.45, 7) is 4.25. The number of carbonyl (C=O) groups is 1. The van der Waals surface area contributed by atoms with Gasteiger partial charge in [-0.2, -0.15) is 0 Å². The highest BCUT2D eigenvalue weighted by atomic mass is 32.1. The van der Waals surface area contributed by atoms with E-state index in [4.69, 9.17) is 12.2 Å². The number of nitrogens with one attached hydrogen (secondary N) is 2. The Hall–Kier alpha value is -0.640. The molecule has 0 radical (unpaired) electrons. The van der Waals surface area contributed by atoms with Gasteiger partial charge in [0, 0.05) is 0 Å². The molecule has 0 aromatic carbocycles. The lowest BCUT2D eigenvalue weighted by Crippen LogP contribution is -2.54. The van der Waals surface area contributed by atoms with Gasteiger partial charge in [0.05, 0.1) is 0 Å². The van der Waals surface area contributed by atoms with Crippen molar-refractivity contribution in [2.75, 3.05) is 0 Å². The van der Waals surface area contributed by atoms with E-state index >= 15 is 0 Å². The Balaban J connectivity index is 2.40. The van der Waals surface area contributed by atoms with Crippen LogP contribution in [0, 0.1) is 5.41 Å². The largest absolute Gasteiger partial charge is 0.348 e. The van der Waals surface area contributed by atoms with E-state index in [1.807, 2.05) is 0 Å². The third-order valence-electron chi connectivity index (χ3n) is 3.45. The van der Waals surface area contributed by atoms with Crippen LogP contribution in [0.15, 0.2) is 0 Å². The summed E-state index contributed by atoms with van der Waals surface area (Å²) < 4.78 is 0.